The van der Waals surface area contributed by atoms with Gasteiger partial charge in [0.15, 0.2) is 5.76 Å². The van der Waals surface area contributed by atoms with Crippen molar-refractivity contribution in [3.8, 4) is 11.3 Å². The molecule has 7 heteroatoms. The van der Waals surface area contributed by atoms with Gasteiger partial charge >= 0.3 is 0 Å². The highest BCUT2D eigenvalue weighted by atomic mass is 32.2. The maximum atomic E-state index is 12.2. The zero-order valence-corrected chi connectivity index (χ0v) is 12.2. The van der Waals surface area contributed by atoms with Crippen LogP contribution in [0, 0.1) is 0 Å². The molecule has 1 aromatic heterocycles. The van der Waals surface area contributed by atoms with Crippen LogP contribution in [0.3, 0.4) is 0 Å². The zero-order valence-electron chi connectivity index (χ0n) is 11.4. The van der Waals surface area contributed by atoms with E-state index in [1.54, 1.807) is 0 Å². The van der Waals surface area contributed by atoms with Gasteiger partial charge in [0, 0.05) is 12.2 Å². The van der Waals surface area contributed by atoms with Gasteiger partial charge in [-0.2, -0.15) is 0 Å². The summed E-state index contributed by atoms with van der Waals surface area (Å²) in [7, 11) is -3.49. The molecule has 112 valence electrons. The van der Waals surface area contributed by atoms with Crippen LogP contribution in [0.4, 0.5) is 5.69 Å². The van der Waals surface area contributed by atoms with E-state index < -0.39 is 10.0 Å². The van der Waals surface area contributed by atoms with Crippen LogP contribution in [0.2, 0.25) is 0 Å². The first-order valence-corrected chi connectivity index (χ1v) is 8.41. The summed E-state index contributed by atoms with van der Waals surface area (Å²) in [6, 6.07) is 9.24. The molecule has 1 unspecified atom stereocenters. The van der Waals surface area contributed by atoms with Crippen LogP contribution in [-0.2, 0) is 14.8 Å². The fourth-order valence-electron chi connectivity index (χ4n) is 2.34. The van der Waals surface area contributed by atoms with Crippen LogP contribution in [0.15, 0.2) is 41.1 Å². The van der Waals surface area contributed by atoms with Crippen LogP contribution >= 0.6 is 0 Å². The molecule has 0 bridgehead atoms. The molecule has 0 aliphatic carbocycles. The van der Waals surface area contributed by atoms with Crippen molar-refractivity contribution in [2.24, 2.45) is 0 Å². The highest BCUT2D eigenvalue weighted by Gasteiger charge is 2.25. The summed E-state index contributed by atoms with van der Waals surface area (Å²) in [4.78, 5) is 0. The standard InChI is InChI=1S/C14H16N2O4S/c17-21(18,10-12-7-4-8-19-12)16-13-9-15-20-14(13)11-5-2-1-3-6-11/h1-3,5-6,9,12,16H,4,7-8,10H2. The summed E-state index contributed by atoms with van der Waals surface area (Å²) in [5.41, 5.74) is 1.11. The van der Waals surface area contributed by atoms with Gasteiger partial charge in [-0.1, -0.05) is 35.5 Å². The van der Waals surface area contributed by atoms with Crippen molar-refractivity contribution < 1.29 is 17.7 Å². The average molecular weight is 308 g/mol. The smallest absolute Gasteiger partial charge is 0.235 e. The van der Waals surface area contributed by atoms with E-state index in [9.17, 15) is 8.42 Å². The zero-order chi connectivity index (χ0) is 14.7. The number of rotatable bonds is 5. The molecule has 1 N–H and O–H groups in total. The van der Waals surface area contributed by atoms with E-state index in [0.717, 1.165) is 18.4 Å². The second-order valence-electron chi connectivity index (χ2n) is 4.95. The SMILES string of the molecule is O=S(=O)(CC1CCCO1)Nc1cnoc1-c1ccccc1. The third-order valence-corrected chi connectivity index (χ3v) is 4.64. The van der Waals surface area contributed by atoms with Gasteiger partial charge < -0.3 is 9.26 Å². The number of hydrogen-bond donors (Lipinski definition) is 1. The molecular formula is C14H16N2O4S. The van der Waals surface area contributed by atoms with Crippen molar-refractivity contribution in [2.45, 2.75) is 18.9 Å². The number of ether oxygens (including phenoxy) is 1. The largest absolute Gasteiger partial charge is 0.377 e. The number of hydrogen-bond acceptors (Lipinski definition) is 5. The Balaban J connectivity index is 1.77. The Kier molecular flexibility index (Phi) is 3.94. The topological polar surface area (TPSA) is 81.4 Å². The molecule has 6 nitrogen and oxygen atoms in total. The molecule has 1 saturated heterocycles. The van der Waals surface area contributed by atoms with Gasteiger partial charge in [0.2, 0.25) is 10.0 Å². The second-order valence-corrected chi connectivity index (χ2v) is 6.72. The Labute approximate surface area is 123 Å². The predicted molar refractivity (Wildman–Crippen MR) is 78.3 cm³/mol. The van der Waals surface area contributed by atoms with E-state index in [2.05, 4.69) is 9.88 Å². The second kappa shape index (κ2) is 5.87. The molecule has 0 spiro atoms. The molecule has 1 atom stereocenters. The van der Waals surface area contributed by atoms with E-state index in [1.165, 1.54) is 6.20 Å². The monoisotopic (exact) mass is 308 g/mol. The summed E-state index contributed by atoms with van der Waals surface area (Å²) in [5, 5.41) is 3.68. The molecular weight excluding hydrogens is 292 g/mol. The normalized spacial score (nSPS) is 18.8. The summed E-state index contributed by atoms with van der Waals surface area (Å²) in [5.74, 6) is 0.360. The van der Waals surface area contributed by atoms with Gasteiger partial charge in [-0.25, -0.2) is 8.42 Å². The maximum absolute atomic E-state index is 12.2. The minimum Gasteiger partial charge on any atom is -0.377 e. The predicted octanol–water partition coefficient (Wildman–Crippen LogP) is 2.26. The molecule has 1 fully saturated rings. The Bertz CT molecular complexity index is 691. The Morgan fingerprint density at radius 3 is 2.81 bits per heavy atom. The number of anilines is 1. The maximum Gasteiger partial charge on any atom is 0.235 e. The van der Waals surface area contributed by atoms with Gasteiger partial charge in [0.25, 0.3) is 0 Å². The van der Waals surface area contributed by atoms with Crippen LogP contribution in [0.5, 0.6) is 0 Å². The Morgan fingerprint density at radius 1 is 1.29 bits per heavy atom. The van der Waals surface area contributed by atoms with Gasteiger partial charge in [0.1, 0.15) is 5.69 Å². The number of sulfonamides is 1. The van der Waals surface area contributed by atoms with Crippen LogP contribution in [0.25, 0.3) is 11.3 Å². The minimum absolute atomic E-state index is 0.0492. The first-order valence-electron chi connectivity index (χ1n) is 6.76. The lowest BCUT2D eigenvalue weighted by Gasteiger charge is -2.11. The Hall–Kier alpha value is -1.86. The number of aromatic nitrogens is 1. The first kappa shape index (κ1) is 14.1. The fraction of sp³-hybridized carbons (Fsp3) is 0.357. The van der Waals surface area contributed by atoms with Gasteiger partial charge in [-0.05, 0) is 12.8 Å². The molecule has 3 rings (SSSR count). The first-order chi connectivity index (χ1) is 10.1. The highest BCUT2D eigenvalue weighted by molar-refractivity contribution is 7.92. The molecule has 2 aromatic rings. The number of nitrogens with zero attached hydrogens (tertiary/aromatic N) is 1. The van der Waals surface area contributed by atoms with Gasteiger partial charge in [0.05, 0.1) is 18.1 Å². The molecule has 1 aromatic carbocycles. The lowest BCUT2D eigenvalue weighted by Crippen LogP contribution is -2.25. The average Bonchev–Trinajstić information content (AvgIpc) is 3.10. The van der Waals surface area contributed by atoms with E-state index in [-0.39, 0.29) is 11.9 Å². The lowest BCUT2D eigenvalue weighted by atomic mass is 10.1. The Morgan fingerprint density at radius 2 is 2.10 bits per heavy atom. The molecule has 1 aliphatic rings. The molecule has 21 heavy (non-hydrogen) atoms. The molecule has 2 heterocycles. The van der Waals surface area contributed by atoms with Crippen molar-refractivity contribution in [3.05, 3.63) is 36.5 Å². The highest BCUT2D eigenvalue weighted by Crippen LogP contribution is 2.28. The fourth-order valence-corrected chi connectivity index (χ4v) is 3.66. The third kappa shape index (κ3) is 3.43. The van der Waals surface area contributed by atoms with E-state index in [4.69, 9.17) is 9.26 Å². The van der Waals surface area contributed by atoms with Crippen LogP contribution in [0.1, 0.15) is 12.8 Å². The van der Waals surface area contributed by atoms with Gasteiger partial charge in [-0.3, -0.25) is 4.72 Å². The minimum atomic E-state index is -3.49. The van der Waals surface area contributed by atoms with Crippen molar-refractivity contribution in [2.75, 3.05) is 17.1 Å². The summed E-state index contributed by atoms with van der Waals surface area (Å²) >= 11 is 0. The van der Waals surface area contributed by atoms with E-state index in [1.807, 2.05) is 30.3 Å². The number of benzene rings is 1. The van der Waals surface area contributed by atoms with Crippen LogP contribution in [-0.4, -0.2) is 32.0 Å². The lowest BCUT2D eigenvalue weighted by molar-refractivity contribution is 0.127. The van der Waals surface area contributed by atoms with E-state index in [0.29, 0.717) is 18.1 Å². The van der Waals surface area contributed by atoms with Crippen LogP contribution < -0.4 is 4.72 Å². The summed E-state index contributed by atoms with van der Waals surface area (Å²) in [6.45, 7) is 0.628. The summed E-state index contributed by atoms with van der Waals surface area (Å²) < 4.78 is 37.4. The molecule has 0 radical (unpaired) electrons. The number of nitrogens with one attached hydrogen (secondary N) is 1. The molecule has 1 aliphatic heterocycles. The van der Waals surface area contributed by atoms with Crippen molar-refractivity contribution >= 4 is 15.7 Å². The molecule has 0 saturated carbocycles. The molecule has 0 amide bonds. The van der Waals surface area contributed by atoms with Crippen molar-refractivity contribution in [3.63, 3.8) is 0 Å². The summed E-state index contributed by atoms with van der Waals surface area (Å²) in [6.07, 6.45) is 2.82. The third-order valence-electron chi connectivity index (χ3n) is 3.30. The van der Waals surface area contributed by atoms with Crippen molar-refractivity contribution in [1.29, 1.82) is 0 Å². The van der Waals surface area contributed by atoms with Crippen molar-refractivity contribution in [1.82, 2.24) is 5.16 Å². The van der Waals surface area contributed by atoms with Gasteiger partial charge in [-0.15, -0.1) is 0 Å². The quantitative estimate of drug-likeness (QED) is 0.916. The van der Waals surface area contributed by atoms with E-state index >= 15 is 0 Å².